The summed E-state index contributed by atoms with van der Waals surface area (Å²) in [6, 6.07) is 31.6. The highest BCUT2D eigenvalue weighted by Gasteiger charge is 2.31. The third-order valence-corrected chi connectivity index (χ3v) is 11.0. The van der Waals surface area contributed by atoms with Crippen LogP contribution in [0.15, 0.2) is 120 Å². The summed E-state index contributed by atoms with van der Waals surface area (Å²) in [4.78, 5) is 55.1. The Hall–Kier alpha value is -5.52. The Morgan fingerprint density at radius 3 is 2.38 bits per heavy atom. The van der Waals surface area contributed by atoms with Crippen LogP contribution in [0.5, 0.6) is 0 Å². The Kier molecular flexibility index (Phi) is 12.2. The Balaban J connectivity index is 1.16. The van der Waals surface area contributed by atoms with Crippen LogP contribution in [0.25, 0.3) is 6.08 Å². The summed E-state index contributed by atoms with van der Waals surface area (Å²) in [7, 11) is 0. The van der Waals surface area contributed by atoms with Gasteiger partial charge < -0.3 is 20.7 Å². The van der Waals surface area contributed by atoms with Crippen molar-refractivity contribution in [2.75, 3.05) is 17.2 Å². The van der Waals surface area contributed by atoms with E-state index in [1.54, 1.807) is 68.4 Å². The lowest BCUT2D eigenvalue weighted by molar-refractivity contribution is -0.115. The molecule has 270 valence electrons. The van der Waals surface area contributed by atoms with Crippen molar-refractivity contribution in [2.24, 2.45) is 0 Å². The molecule has 4 aromatic carbocycles. The number of anilines is 2. The summed E-state index contributed by atoms with van der Waals surface area (Å²) in [6.07, 6.45) is 3.67. The van der Waals surface area contributed by atoms with Crippen molar-refractivity contribution in [1.82, 2.24) is 5.32 Å². The number of rotatable bonds is 12. The number of amides is 3. The molecule has 1 heterocycles. The van der Waals surface area contributed by atoms with Gasteiger partial charge in [0.15, 0.2) is 0 Å². The van der Waals surface area contributed by atoms with Gasteiger partial charge in [0.05, 0.1) is 17.4 Å². The minimum absolute atomic E-state index is 0.129. The third-order valence-electron chi connectivity index (χ3n) is 8.76. The van der Waals surface area contributed by atoms with Crippen LogP contribution in [-0.4, -0.2) is 35.5 Å². The molecule has 1 aromatic heterocycles. The van der Waals surface area contributed by atoms with E-state index in [9.17, 15) is 23.6 Å². The molecule has 0 bridgehead atoms. The molecule has 2 atom stereocenters. The normalized spacial score (nSPS) is 14.4. The predicted octanol–water partition coefficient (Wildman–Crippen LogP) is 8.87. The van der Waals surface area contributed by atoms with E-state index in [-0.39, 0.29) is 23.8 Å². The topological polar surface area (TPSA) is 114 Å². The van der Waals surface area contributed by atoms with Crippen LogP contribution in [0.4, 0.5) is 15.1 Å². The maximum atomic E-state index is 14.6. The molecule has 11 heteroatoms. The number of thioether (sulfide) groups is 1. The van der Waals surface area contributed by atoms with Crippen LogP contribution < -0.4 is 16.0 Å². The summed E-state index contributed by atoms with van der Waals surface area (Å²) in [5, 5.41) is 8.33. The Labute approximate surface area is 315 Å². The second kappa shape index (κ2) is 17.3. The molecule has 8 nitrogen and oxygen atoms in total. The van der Waals surface area contributed by atoms with Crippen molar-refractivity contribution in [3.05, 3.63) is 153 Å². The van der Waals surface area contributed by atoms with Gasteiger partial charge in [-0.25, -0.2) is 9.18 Å². The fourth-order valence-corrected chi connectivity index (χ4v) is 8.35. The van der Waals surface area contributed by atoms with Gasteiger partial charge in [-0.15, -0.1) is 23.1 Å². The van der Waals surface area contributed by atoms with Crippen LogP contribution in [0.1, 0.15) is 68.5 Å². The van der Waals surface area contributed by atoms with Crippen LogP contribution in [0, 0.1) is 5.82 Å². The molecule has 0 fully saturated rings. The first-order chi connectivity index (χ1) is 25.7. The summed E-state index contributed by atoms with van der Waals surface area (Å²) in [5.41, 5.74) is 3.36. The van der Waals surface area contributed by atoms with E-state index < -0.39 is 28.9 Å². The fourth-order valence-electron chi connectivity index (χ4n) is 6.11. The Bertz CT molecular complexity index is 2150. The van der Waals surface area contributed by atoms with Gasteiger partial charge in [-0.1, -0.05) is 72.8 Å². The van der Waals surface area contributed by atoms with Crippen molar-refractivity contribution >= 4 is 63.6 Å². The molecular weight excluding hydrogens is 710 g/mol. The predicted molar refractivity (Wildman–Crippen MR) is 209 cm³/mol. The zero-order chi connectivity index (χ0) is 37.3. The summed E-state index contributed by atoms with van der Waals surface area (Å²) in [6.45, 7) is 3.75. The number of carbonyl (C=O) groups excluding carboxylic acids is 4. The molecule has 1 aliphatic rings. The highest BCUT2D eigenvalue weighted by Crippen LogP contribution is 2.43. The molecule has 2 unspecified atom stereocenters. The maximum Gasteiger partial charge on any atom is 0.341 e. The number of carbonyl (C=O) groups is 4. The fraction of sp³-hybridized carbons (Fsp3) is 0.190. The highest BCUT2D eigenvalue weighted by atomic mass is 32.2. The molecule has 3 amide bonds. The summed E-state index contributed by atoms with van der Waals surface area (Å²) >= 11 is 2.72. The first kappa shape index (κ1) is 37.2. The van der Waals surface area contributed by atoms with E-state index in [2.05, 4.69) is 28.1 Å². The zero-order valence-corrected chi connectivity index (χ0v) is 30.8. The number of hydrogen-bond acceptors (Lipinski definition) is 7. The number of ether oxygens (including phenoxy) is 1. The molecule has 0 saturated heterocycles. The summed E-state index contributed by atoms with van der Waals surface area (Å²) in [5.74, 6) is -2.13. The van der Waals surface area contributed by atoms with Gasteiger partial charge in [-0.3, -0.25) is 14.4 Å². The van der Waals surface area contributed by atoms with Crippen LogP contribution >= 0.6 is 23.1 Å². The number of esters is 1. The maximum absolute atomic E-state index is 14.6. The average molecular weight is 748 g/mol. The minimum atomic E-state index is -0.659. The van der Waals surface area contributed by atoms with Crippen molar-refractivity contribution in [1.29, 1.82) is 0 Å². The number of benzene rings is 4. The number of fused-ring (bicyclic) bond motifs is 1. The first-order valence-corrected chi connectivity index (χ1v) is 19.0. The van der Waals surface area contributed by atoms with Crippen LogP contribution in [-0.2, 0) is 27.2 Å². The zero-order valence-electron chi connectivity index (χ0n) is 29.2. The van der Waals surface area contributed by atoms with E-state index in [0.29, 0.717) is 39.0 Å². The molecule has 0 radical (unpaired) electrons. The Morgan fingerprint density at radius 1 is 0.925 bits per heavy atom. The quantitative estimate of drug-likeness (QED) is 0.0668. The monoisotopic (exact) mass is 747 g/mol. The lowest BCUT2D eigenvalue weighted by atomic mass is 9.83. The van der Waals surface area contributed by atoms with Gasteiger partial charge in [0, 0.05) is 26.6 Å². The number of thiophene rings is 1. The number of halogens is 1. The third kappa shape index (κ3) is 9.29. The van der Waals surface area contributed by atoms with E-state index in [1.807, 2.05) is 24.3 Å². The van der Waals surface area contributed by atoms with Crippen molar-refractivity contribution < 1.29 is 28.3 Å². The molecule has 53 heavy (non-hydrogen) atoms. The van der Waals surface area contributed by atoms with E-state index in [1.165, 1.54) is 52.9 Å². The molecule has 6 rings (SSSR count). The summed E-state index contributed by atoms with van der Waals surface area (Å²) < 4.78 is 20.0. The Morgan fingerprint density at radius 2 is 1.64 bits per heavy atom. The molecular formula is C42H38FN3O5S2. The van der Waals surface area contributed by atoms with E-state index in [4.69, 9.17) is 4.74 Å². The molecule has 0 saturated carbocycles. The molecule has 1 aliphatic carbocycles. The second-order valence-corrected chi connectivity index (χ2v) is 14.9. The smallest absolute Gasteiger partial charge is 0.341 e. The van der Waals surface area contributed by atoms with Gasteiger partial charge in [-0.05, 0) is 92.6 Å². The van der Waals surface area contributed by atoms with Gasteiger partial charge >= 0.3 is 5.97 Å². The van der Waals surface area contributed by atoms with Crippen molar-refractivity contribution in [3.63, 3.8) is 0 Å². The first-order valence-electron chi connectivity index (χ1n) is 17.3. The van der Waals surface area contributed by atoms with Crippen LogP contribution in [0.2, 0.25) is 0 Å². The lowest BCUT2D eigenvalue weighted by Crippen LogP contribution is -2.30. The lowest BCUT2D eigenvalue weighted by Gasteiger charge is -2.23. The SMILES string of the molecule is CCOC(=O)c1c(NC(=O)C(C)Sc2cccc(NC(=O)/C(=C/c3ccccc3F)NC(=O)c3ccccc3)c2)sc2c1CCC(c1ccccc1)C2. The molecule has 5 aromatic rings. The highest BCUT2D eigenvalue weighted by molar-refractivity contribution is 8.00. The van der Waals surface area contributed by atoms with Gasteiger partial charge in [0.25, 0.3) is 11.8 Å². The van der Waals surface area contributed by atoms with Crippen molar-refractivity contribution in [3.8, 4) is 0 Å². The standard InChI is InChI=1S/C42H38FN3O5S2/c1-3-51-42(50)37-33-22-21-29(27-13-6-4-7-14-27)24-36(33)53-41(37)46-38(47)26(2)52-32-19-12-18-31(25-32)44-40(49)35(23-30-17-10-11-20-34(30)43)45-39(48)28-15-8-5-9-16-28/h4-20,23,25-26,29H,3,21-22,24H2,1-2H3,(H,44,49)(H,45,48)(H,46,47)/b35-23-. The number of hydrogen-bond donors (Lipinski definition) is 3. The van der Waals surface area contributed by atoms with Gasteiger partial charge in [-0.2, -0.15) is 0 Å². The largest absolute Gasteiger partial charge is 0.462 e. The van der Waals surface area contributed by atoms with Gasteiger partial charge in [0.2, 0.25) is 5.91 Å². The molecule has 3 N–H and O–H groups in total. The second-order valence-electron chi connectivity index (χ2n) is 12.4. The number of nitrogens with one attached hydrogen (secondary N) is 3. The van der Waals surface area contributed by atoms with Gasteiger partial charge in [0.1, 0.15) is 16.5 Å². The minimum Gasteiger partial charge on any atom is -0.462 e. The molecule has 0 aliphatic heterocycles. The van der Waals surface area contributed by atoms with E-state index in [0.717, 1.165) is 23.3 Å². The van der Waals surface area contributed by atoms with Crippen molar-refractivity contribution in [2.45, 2.75) is 49.2 Å². The van der Waals surface area contributed by atoms with E-state index >= 15 is 0 Å². The average Bonchev–Trinajstić information content (AvgIpc) is 3.53. The van der Waals surface area contributed by atoms with Crippen LogP contribution in [0.3, 0.4) is 0 Å². The molecule has 0 spiro atoms.